The average molecular weight is 466 g/mol. The number of ether oxygens (including phenoxy) is 1. The van der Waals surface area contributed by atoms with Gasteiger partial charge in [-0.05, 0) is 68.0 Å². The summed E-state index contributed by atoms with van der Waals surface area (Å²) in [4.78, 5) is 4.51. The van der Waals surface area contributed by atoms with Crippen molar-refractivity contribution in [2.24, 2.45) is 0 Å². The summed E-state index contributed by atoms with van der Waals surface area (Å²) in [5.74, 6) is -2.99. The normalized spacial score (nSPS) is 12.4. The van der Waals surface area contributed by atoms with Crippen molar-refractivity contribution in [1.29, 1.82) is 0 Å². The van der Waals surface area contributed by atoms with Crippen LogP contribution >= 0.6 is 0 Å². The van der Waals surface area contributed by atoms with Gasteiger partial charge in [0, 0.05) is 23.9 Å². The molecule has 0 spiro atoms. The minimum atomic E-state index is -1.24. The molecular weight excluding hydrogens is 432 g/mol. The second-order valence-corrected chi connectivity index (χ2v) is 8.53. The summed E-state index contributed by atoms with van der Waals surface area (Å²) in [5.41, 5.74) is 3.41. The number of aromatic nitrogens is 1. The number of allylic oxidation sites excluding steroid dienone is 1. The van der Waals surface area contributed by atoms with Gasteiger partial charge in [0.2, 0.25) is 5.82 Å². The number of nitrogens with zero attached hydrogens (tertiary/aromatic N) is 1. The zero-order chi connectivity index (χ0) is 24.3. The summed E-state index contributed by atoms with van der Waals surface area (Å²) < 4.78 is 33.6. The fourth-order valence-electron chi connectivity index (χ4n) is 3.73. The Morgan fingerprint density at radius 1 is 0.912 bits per heavy atom. The molecule has 1 aromatic heterocycles. The highest BCUT2D eigenvalue weighted by Crippen LogP contribution is 2.30. The first-order valence-corrected chi connectivity index (χ1v) is 12.0. The molecule has 0 bridgehead atoms. The maximum Gasteiger partial charge on any atom is 0.200 e. The van der Waals surface area contributed by atoms with E-state index in [1.165, 1.54) is 18.9 Å². The van der Waals surface area contributed by atoms with Gasteiger partial charge in [-0.1, -0.05) is 56.2 Å². The highest BCUT2D eigenvalue weighted by atomic mass is 19.2. The van der Waals surface area contributed by atoms with Crippen LogP contribution in [0.15, 0.2) is 60.8 Å². The van der Waals surface area contributed by atoms with Gasteiger partial charge in [0.15, 0.2) is 11.6 Å². The number of pyridine rings is 1. The molecule has 34 heavy (non-hydrogen) atoms. The molecule has 1 N–H and O–H groups in total. The van der Waals surface area contributed by atoms with Crippen LogP contribution in [-0.2, 0) is 4.74 Å². The molecule has 0 aliphatic rings. The summed E-state index contributed by atoms with van der Waals surface area (Å²) in [6.07, 6.45) is 13.0. The lowest BCUT2D eigenvalue weighted by atomic mass is 10.0. The molecular formula is C29H33F2NO2. The first-order chi connectivity index (χ1) is 16.5. The van der Waals surface area contributed by atoms with Crippen LogP contribution in [0.4, 0.5) is 8.78 Å². The number of phenols is 1. The monoisotopic (exact) mass is 465 g/mol. The van der Waals surface area contributed by atoms with Gasteiger partial charge in [-0.25, -0.2) is 4.39 Å². The van der Waals surface area contributed by atoms with Crippen molar-refractivity contribution >= 4 is 6.08 Å². The van der Waals surface area contributed by atoms with Crippen LogP contribution < -0.4 is 0 Å². The van der Waals surface area contributed by atoms with Crippen molar-refractivity contribution in [3.8, 4) is 28.0 Å². The van der Waals surface area contributed by atoms with E-state index >= 15 is 0 Å². The SMILES string of the molecule is CCCCCOC(C)CCCC=Cc1ccc(-c2ccc(-c3ccc(O)c(F)c3F)cc2)cn1. The van der Waals surface area contributed by atoms with Crippen LogP contribution in [0, 0.1) is 11.6 Å². The van der Waals surface area contributed by atoms with Crippen LogP contribution in [-0.4, -0.2) is 22.8 Å². The zero-order valence-corrected chi connectivity index (χ0v) is 19.9. The Bertz CT molecular complexity index is 1060. The Morgan fingerprint density at radius 2 is 1.65 bits per heavy atom. The van der Waals surface area contributed by atoms with E-state index in [9.17, 15) is 13.9 Å². The summed E-state index contributed by atoms with van der Waals surface area (Å²) in [5, 5.41) is 9.30. The van der Waals surface area contributed by atoms with E-state index < -0.39 is 17.4 Å². The average Bonchev–Trinajstić information content (AvgIpc) is 2.86. The van der Waals surface area contributed by atoms with E-state index in [0.717, 1.165) is 55.2 Å². The van der Waals surface area contributed by atoms with Crippen molar-refractivity contribution in [2.75, 3.05) is 6.61 Å². The van der Waals surface area contributed by atoms with Gasteiger partial charge in [-0.15, -0.1) is 0 Å². The predicted octanol–water partition coefficient (Wildman–Crippen LogP) is 8.18. The molecule has 3 nitrogen and oxygen atoms in total. The maximum atomic E-state index is 14.1. The predicted molar refractivity (Wildman–Crippen MR) is 135 cm³/mol. The number of aromatic hydroxyl groups is 1. The van der Waals surface area contributed by atoms with E-state index in [-0.39, 0.29) is 5.56 Å². The first kappa shape index (κ1) is 25.6. The summed E-state index contributed by atoms with van der Waals surface area (Å²) in [6, 6.07) is 13.6. The first-order valence-electron chi connectivity index (χ1n) is 12.0. The molecule has 3 aromatic rings. The highest BCUT2D eigenvalue weighted by molar-refractivity contribution is 5.71. The molecule has 1 unspecified atom stereocenters. The Morgan fingerprint density at radius 3 is 2.35 bits per heavy atom. The number of benzene rings is 2. The molecule has 3 rings (SSSR count). The van der Waals surface area contributed by atoms with Crippen LogP contribution in [0.3, 0.4) is 0 Å². The Hall–Kier alpha value is -3.05. The molecule has 1 heterocycles. The Labute approximate surface area is 201 Å². The molecule has 0 aliphatic carbocycles. The summed E-state index contributed by atoms with van der Waals surface area (Å²) >= 11 is 0. The maximum absolute atomic E-state index is 14.1. The molecule has 0 radical (unpaired) electrons. The Kier molecular flexibility index (Phi) is 9.77. The molecule has 0 saturated carbocycles. The molecule has 0 aliphatic heterocycles. The molecule has 2 aromatic carbocycles. The quantitative estimate of drug-likeness (QED) is 0.274. The second-order valence-electron chi connectivity index (χ2n) is 8.53. The number of unbranched alkanes of at least 4 members (excludes halogenated alkanes) is 3. The van der Waals surface area contributed by atoms with Crippen molar-refractivity contribution in [3.05, 3.63) is 78.1 Å². The summed E-state index contributed by atoms with van der Waals surface area (Å²) in [7, 11) is 0. The minimum Gasteiger partial charge on any atom is -0.505 e. The minimum absolute atomic E-state index is 0.109. The lowest BCUT2D eigenvalue weighted by Crippen LogP contribution is -2.08. The Balaban J connectivity index is 1.50. The zero-order valence-electron chi connectivity index (χ0n) is 19.9. The molecule has 5 heteroatoms. The van der Waals surface area contributed by atoms with E-state index in [1.54, 1.807) is 12.1 Å². The van der Waals surface area contributed by atoms with E-state index in [1.807, 2.05) is 36.5 Å². The highest BCUT2D eigenvalue weighted by Gasteiger charge is 2.14. The van der Waals surface area contributed by atoms with Crippen LogP contribution in [0.1, 0.15) is 58.1 Å². The van der Waals surface area contributed by atoms with Gasteiger partial charge in [0.05, 0.1) is 11.8 Å². The van der Waals surface area contributed by atoms with Gasteiger partial charge in [0.25, 0.3) is 0 Å². The van der Waals surface area contributed by atoms with Gasteiger partial charge in [-0.2, -0.15) is 4.39 Å². The third-order valence-electron chi connectivity index (χ3n) is 5.80. The third-order valence-corrected chi connectivity index (χ3v) is 5.80. The largest absolute Gasteiger partial charge is 0.505 e. The molecule has 0 fully saturated rings. The summed E-state index contributed by atoms with van der Waals surface area (Å²) in [6.45, 7) is 5.20. The van der Waals surface area contributed by atoms with Crippen LogP contribution in [0.5, 0.6) is 5.75 Å². The topological polar surface area (TPSA) is 42.4 Å². The molecule has 0 amide bonds. The number of halogens is 2. The van der Waals surface area contributed by atoms with Gasteiger partial charge < -0.3 is 9.84 Å². The van der Waals surface area contributed by atoms with Crippen molar-refractivity contribution in [1.82, 2.24) is 4.98 Å². The smallest absolute Gasteiger partial charge is 0.200 e. The fourth-order valence-corrected chi connectivity index (χ4v) is 3.73. The van der Waals surface area contributed by atoms with Gasteiger partial charge >= 0.3 is 0 Å². The van der Waals surface area contributed by atoms with E-state index in [2.05, 4.69) is 24.9 Å². The third kappa shape index (κ3) is 7.22. The number of rotatable bonds is 12. The van der Waals surface area contributed by atoms with Crippen molar-refractivity contribution < 1.29 is 18.6 Å². The molecule has 0 saturated heterocycles. The van der Waals surface area contributed by atoms with Crippen molar-refractivity contribution in [2.45, 2.75) is 58.5 Å². The number of hydrogen-bond donors (Lipinski definition) is 1. The number of hydrogen-bond acceptors (Lipinski definition) is 3. The second kappa shape index (κ2) is 13.0. The van der Waals surface area contributed by atoms with E-state index in [0.29, 0.717) is 11.7 Å². The van der Waals surface area contributed by atoms with Gasteiger partial charge in [0.1, 0.15) is 0 Å². The van der Waals surface area contributed by atoms with Gasteiger partial charge in [-0.3, -0.25) is 4.98 Å². The standard InChI is InChI=1S/C29H33F2NO2/c1-3-4-8-19-34-21(2)9-6-5-7-10-25-16-15-24(20-32-25)22-11-13-23(14-12-22)26-17-18-27(33)29(31)28(26)30/h7,10-18,20-21,33H,3-6,8-9,19H2,1-2H3. The van der Waals surface area contributed by atoms with Crippen LogP contribution in [0.2, 0.25) is 0 Å². The van der Waals surface area contributed by atoms with Crippen molar-refractivity contribution in [3.63, 3.8) is 0 Å². The van der Waals surface area contributed by atoms with Crippen LogP contribution in [0.25, 0.3) is 28.3 Å². The van der Waals surface area contributed by atoms with E-state index in [4.69, 9.17) is 4.74 Å². The lowest BCUT2D eigenvalue weighted by Gasteiger charge is -2.11. The lowest BCUT2D eigenvalue weighted by molar-refractivity contribution is 0.0566. The molecule has 180 valence electrons. The molecule has 1 atom stereocenters. The number of phenolic OH excluding ortho intramolecular Hbond substituents is 1. The fraction of sp³-hybridized carbons (Fsp3) is 0.345.